The summed E-state index contributed by atoms with van der Waals surface area (Å²) in [5.74, 6) is 1.41. The van der Waals surface area contributed by atoms with Crippen molar-refractivity contribution in [2.75, 3.05) is 39.4 Å². The maximum absolute atomic E-state index is 11.3. The van der Waals surface area contributed by atoms with Crippen molar-refractivity contribution in [1.82, 2.24) is 19.9 Å². The average molecular weight is 295 g/mol. The van der Waals surface area contributed by atoms with E-state index in [0.29, 0.717) is 31.3 Å². The minimum Gasteiger partial charge on any atom is -0.379 e. The van der Waals surface area contributed by atoms with Gasteiger partial charge in [0.2, 0.25) is 5.89 Å². The third kappa shape index (κ3) is 3.51. The van der Waals surface area contributed by atoms with E-state index < -0.39 is 0 Å². The van der Waals surface area contributed by atoms with E-state index in [2.05, 4.69) is 15.0 Å². The van der Waals surface area contributed by atoms with Gasteiger partial charge in [0.15, 0.2) is 5.82 Å². The van der Waals surface area contributed by atoms with Gasteiger partial charge in [-0.3, -0.25) is 4.90 Å². The minimum atomic E-state index is -0.382. The number of rotatable bonds is 3. The lowest BCUT2D eigenvalue weighted by atomic mass is 9.98. The van der Waals surface area contributed by atoms with Crippen LogP contribution in [0.2, 0.25) is 0 Å². The summed E-state index contributed by atoms with van der Waals surface area (Å²) in [4.78, 5) is 19.6. The molecule has 2 aliphatic heterocycles. The zero-order chi connectivity index (χ0) is 14.7. The predicted octanol–water partition coefficient (Wildman–Crippen LogP) is 0.160. The van der Waals surface area contributed by atoms with Crippen LogP contribution < -0.4 is 5.73 Å². The van der Waals surface area contributed by atoms with Crippen LogP contribution in [0.5, 0.6) is 0 Å². The Morgan fingerprint density at radius 1 is 1.33 bits per heavy atom. The van der Waals surface area contributed by atoms with Crippen LogP contribution in [-0.2, 0) is 11.3 Å². The molecule has 1 aromatic heterocycles. The Bertz CT molecular complexity index is 486. The maximum atomic E-state index is 11.3. The number of nitrogens with two attached hydrogens (primary N) is 1. The van der Waals surface area contributed by atoms with Gasteiger partial charge in [0.25, 0.3) is 0 Å². The molecule has 2 aliphatic rings. The first kappa shape index (κ1) is 14.3. The van der Waals surface area contributed by atoms with Crippen LogP contribution in [0.3, 0.4) is 0 Å². The van der Waals surface area contributed by atoms with Crippen LogP contribution in [0.1, 0.15) is 30.5 Å². The van der Waals surface area contributed by atoms with Gasteiger partial charge in [0.1, 0.15) is 0 Å². The van der Waals surface area contributed by atoms with Gasteiger partial charge in [0, 0.05) is 26.2 Å². The SMILES string of the molecule is NC(=O)N1CCC[C@H](c2nc(CN3CCOCC3)no2)C1. The number of aromatic nitrogens is 2. The Morgan fingerprint density at radius 3 is 2.90 bits per heavy atom. The summed E-state index contributed by atoms with van der Waals surface area (Å²) < 4.78 is 10.7. The number of carbonyl (C=O) groups is 1. The predicted molar refractivity (Wildman–Crippen MR) is 73.5 cm³/mol. The molecule has 0 aromatic carbocycles. The minimum absolute atomic E-state index is 0.0946. The second-order valence-corrected chi connectivity index (χ2v) is 5.56. The second-order valence-electron chi connectivity index (χ2n) is 5.56. The molecular weight excluding hydrogens is 274 g/mol. The molecule has 0 saturated carbocycles. The Labute approximate surface area is 123 Å². The zero-order valence-corrected chi connectivity index (χ0v) is 12.0. The molecule has 1 atom stereocenters. The molecule has 21 heavy (non-hydrogen) atoms. The lowest BCUT2D eigenvalue weighted by Crippen LogP contribution is -2.42. The van der Waals surface area contributed by atoms with Gasteiger partial charge in [-0.2, -0.15) is 4.98 Å². The summed E-state index contributed by atoms with van der Waals surface area (Å²) in [6.45, 7) is 5.24. The first-order valence-corrected chi connectivity index (χ1v) is 7.39. The molecule has 3 rings (SSSR count). The third-order valence-electron chi connectivity index (χ3n) is 4.03. The highest BCUT2D eigenvalue weighted by Gasteiger charge is 2.27. The number of morpholine rings is 1. The maximum Gasteiger partial charge on any atom is 0.314 e. The number of piperidine rings is 1. The number of amides is 2. The molecule has 2 fully saturated rings. The number of urea groups is 1. The van der Waals surface area contributed by atoms with E-state index >= 15 is 0 Å². The van der Waals surface area contributed by atoms with E-state index in [1.807, 2.05) is 0 Å². The molecule has 0 spiro atoms. The average Bonchev–Trinajstić information content (AvgIpc) is 2.97. The highest BCUT2D eigenvalue weighted by atomic mass is 16.5. The highest BCUT2D eigenvalue weighted by molar-refractivity contribution is 5.72. The zero-order valence-electron chi connectivity index (χ0n) is 12.0. The fourth-order valence-corrected chi connectivity index (χ4v) is 2.84. The van der Waals surface area contributed by atoms with Crippen LogP contribution in [-0.4, -0.2) is 65.4 Å². The summed E-state index contributed by atoms with van der Waals surface area (Å²) in [5, 5.41) is 4.05. The summed E-state index contributed by atoms with van der Waals surface area (Å²) in [5.41, 5.74) is 5.34. The Kier molecular flexibility index (Phi) is 4.35. The fraction of sp³-hybridized carbons (Fsp3) is 0.769. The van der Waals surface area contributed by atoms with Crippen molar-refractivity contribution in [2.45, 2.75) is 25.3 Å². The molecule has 116 valence electrons. The molecule has 2 amide bonds. The van der Waals surface area contributed by atoms with E-state index in [-0.39, 0.29) is 11.9 Å². The molecule has 2 N–H and O–H groups in total. The molecule has 8 heteroatoms. The topological polar surface area (TPSA) is 97.7 Å². The molecule has 3 heterocycles. The lowest BCUT2D eigenvalue weighted by Gasteiger charge is -2.29. The van der Waals surface area contributed by atoms with E-state index in [4.69, 9.17) is 15.0 Å². The Hall–Kier alpha value is -1.67. The normalized spacial score (nSPS) is 24.2. The molecule has 0 bridgehead atoms. The van der Waals surface area contributed by atoms with Gasteiger partial charge in [-0.15, -0.1) is 0 Å². The van der Waals surface area contributed by atoms with Crippen LogP contribution in [0.15, 0.2) is 4.52 Å². The molecule has 0 aliphatic carbocycles. The van der Waals surface area contributed by atoms with Crippen LogP contribution in [0, 0.1) is 0 Å². The van der Waals surface area contributed by atoms with Gasteiger partial charge in [0.05, 0.1) is 25.7 Å². The summed E-state index contributed by atoms with van der Waals surface area (Å²) in [6, 6.07) is -0.382. The number of likely N-dealkylation sites (tertiary alicyclic amines) is 1. The van der Waals surface area contributed by atoms with Crippen LogP contribution >= 0.6 is 0 Å². The van der Waals surface area contributed by atoms with Crippen molar-refractivity contribution in [3.63, 3.8) is 0 Å². The third-order valence-corrected chi connectivity index (χ3v) is 4.03. The fourth-order valence-electron chi connectivity index (χ4n) is 2.84. The number of nitrogens with zero attached hydrogens (tertiary/aromatic N) is 4. The Morgan fingerprint density at radius 2 is 2.14 bits per heavy atom. The largest absolute Gasteiger partial charge is 0.379 e. The van der Waals surface area contributed by atoms with Crippen molar-refractivity contribution in [2.24, 2.45) is 5.73 Å². The quantitative estimate of drug-likeness (QED) is 0.853. The molecule has 0 radical (unpaired) electrons. The smallest absolute Gasteiger partial charge is 0.314 e. The summed E-state index contributed by atoms with van der Waals surface area (Å²) in [7, 11) is 0. The molecule has 0 unspecified atom stereocenters. The van der Waals surface area contributed by atoms with Gasteiger partial charge in [-0.25, -0.2) is 4.79 Å². The lowest BCUT2D eigenvalue weighted by molar-refractivity contribution is 0.0327. The first-order valence-electron chi connectivity index (χ1n) is 7.39. The second kappa shape index (κ2) is 6.40. The van der Waals surface area contributed by atoms with Crippen molar-refractivity contribution < 1.29 is 14.1 Å². The van der Waals surface area contributed by atoms with Crippen molar-refractivity contribution in [3.8, 4) is 0 Å². The summed E-state index contributed by atoms with van der Waals surface area (Å²) in [6.07, 6.45) is 1.86. The summed E-state index contributed by atoms with van der Waals surface area (Å²) >= 11 is 0. The van der Waals surface area contributed by atoms with Crippen LogP contribution in [0.25, 0.3) is 0 Å². The van der Waals surface area contributed by atoms with Gasteiger partial charge < -0.3 is 19.9 Å². The van der Waals surface area contributed by atoms with Crippen molar-refractivity contribution in [1.29, 1.82) is 0 Å². The van der Waals surface area contributed by atoms with Gasteiger partial charge in [-0.05, 0) is 12.8 Å². The highest BCUT2D eigenvalue weighted by Crippen LogP contribution is 2.25. The Balaban J connectivity index is 1.60. The van der Waals surface area contributed by atoms with Gasteiger partial charge in [-0.1, -0.05) is 5.16 Å². The van der Waals surface area contributed by atoms with E-state index in [9.17, 15) is 4.79 Å². The molecule has 2 saturated heterocycles. The van der Waals surface area contributed by atoms with Crippen LogP contribution in [0.4, 0.5) is 4.79 Å². The van der Waals surface area contributed by atoms with E-state index in [0.717, 1.165) is 39.1 Å². The van der Waals surface area contributed by atoms with Gasteiger partial charge >= 0.3 is 6.03 Å². The monoisotopic (exact) mass is 295 g/mol. The number of primary amides is 1. The number of carbonyl (C=O) groups excluding carboxylic acids is 1. The first-order chi connectivity index (χ1) is 10.2. The number of hydrogen-bond donors (Lipinski definition) is 1. The number of hydrogen-bond acceptors (Lipinski definition) is 6. The standard InChI is InChI=1S/C13H21N5O3/c14-13(19)18-3-1-2-10(8-18)12-15-11(16-21-12)9-17-4-6-20-7-5-17/h10H,1-9H2,(H2,14,19)/t10-/m0/s1. The van der Waals surface area contributed by atoms with E-state index in [1.165, 1.54) is 0 Å². The molecular formula is C13H21N5O3. The van der Waals surface area contributed by atoms with E-state index in [1.54, 1.807) is 4.90 Å². The molecule has 8 nitrogen and oxygen atoms in total. The molecule has 1 aromatic rings. The number of ether oxygens (including phenoxy) is 1. The van der Waals surface area contributed by atoms with Crippen molar-refractivity contribution in [3.05, 3.63) is 11.7 Å². The van der Waals surface area contributed by atoms with Crippen molar-refractivity contribution >= 4 is 6.03 Å².